The zero-order valence-electron chi connectivity index (χ0n) is 10.1. The van der Waals surface area contributed by atoms with Gasteiger partial charge in [-0.1, -0.05) is 18.2 Å². The van der Waals surface area contributed by atoms with E-state index in [-0.39, 0.29) is 0 Å². The summed E-state index contributed by atoms with van der Waals surface area (Å²) in [6.45, 7) is 3.05. The largest absolute Gasteiger partial charge is 0.494 e. The Hall–Kier alpha value is -1.97. The minimum Gasteiger partial charge on any atom is -0.494 e. The van der Waals surface area contributed by atoms with Gasteiger partial charge in [0.1, 0.15) is 11.6 Å². The van der Waals surface area contributed by atoms with Crippen LogP contribution >= 0.6 is 0 Å². The van der Waals surface area contributed by atoms with Crippen molar-refractivity contribution in [2.24, 2.45) is 16.5 Å². The number of para-hydroxylation sites is 1. The molecule has 0 aliphatic rings. The highest BCUT2D eigenvalue weighted by atomic mass is 16.5. The van der Waals surface area contributed by atoms with Gasteiger partial charge in [0.15, 0.2) is 0 Å². The van der Waals surface area contributed by atoms with Crippen LogP contribution in [0.25, 0.3) is 0 Å². The lowest BCUT2D eigenvalue weighted by Crippen LogP contribution is -2.12. The first-order chi connectivity index (χ1) is 8.18. The number of allylic oxidation sites excluding steroid dienone is 1. The van der Waals surface area contributed by atoms with Crippen LogP contribution in [0.4, 0.5) is 0 Å². The Morgan fingerprint density at radius 3 is 2.65 bits per heavy atom. The number of rotatable bonds is 6. The molecule has 0 fully saturated rings. The molecule has 0 aliphatic heterocycles. The first kappa shape index (κ1) is 13.1. The number of amidine groups is 1. The lowest BCUT2D eigenvalue weighted by Gasteiger charge is -2.04. The molecule has 0 bridgehead atoms. The van der Waals surface area contributed by atoms with E-state index in [0.717, 1.165) is 12.2 Å². The van der Waals surface area contributed by atoms with E-state index in [4.69, 9.17) is 16.2 Å². The number of hydrogen-bond donors (Lipinski definition) is 2. The molecule has 1 aromatic rings. The van der Waals surface area contributed by atoms with Gasteiger partial charge in [-0.05, 0) is 25.1 Å². The summed E-state index contributed by atoms with van der Waals surface area (Å²) >= 11 is 0. The van der Waals surface area contributed by atoms with Gasteiger partial charge in [0.05, 0.1) is 6.61 Å². The maximum atomic E-state index is 5.62. The summed E-state index contributed by atoms with van der Waals surface area (Å²) in [5, 5.41) is 0. The fraction of sp³-hybridized carbons (Fsp3) is 0.308. The van der Waals surface area contributed by atoms with Crippen molar-refractivity contribution < 1.29 is 4.74 Å². The highest BCUT2D eigenvalue weighted by Crippen LogP contribution is 2.08. The Bertz CT molecular complexity index is 381. The Morgan fingerprint density at radius 2 is 2.00 bits per heavy atom. The van der Waals surface area contributed by atoms with Gasteiger partial charge < -0.3 is 16.2 Å². The van der Waals surface area contributed by atoms with Crippen LogP contribution in [-0.2, 0) is 0 Å². The van der Waals surface area contributed by atoms with Crippen molar-refractivity contribution in [3.8, 4) is 5.75 Å². The van der Waals surface area contributed by atoms with Gasteiger partial charge in [-0.25, -0.2) is 0 Å². The zero-order valence-corrected chi connectivity index (χ0v) is 10.1. The lowest BCUT2D eigenvalue weighted by atomic mass is 10.3. The van der Waals surface area contributed by atoms with Crippen molar-refractivity contribution in [2.75, 3.05) is 13.2 Å². The number of nitrogens with zero attached hydrogens (tertiary/aromatic N) is 1. The van der Waals surface area contributed by atoms with Crippen LogP contribution in [0.15, 0.2) is 47.1 Å². The molecule has 0 amide bonds. The Kier molecular flexibility index (Phi) is 5.64. The van der Waals surface area contributed by atoms with Crippen LogP contribution in [0.1, 0.15) is 13.3 Å². The SMILES string of the molecule is CC(N)=CC(N)=NCCCOc1ccccc1. The van der Waals surface area contributed by atoms with E-state index >= 15 is 0 Å². The fourth-order valence-corrected chi connectivity index (χ4v) is 1.26. The molecule has 4 N–H and O–H groups in total. The zero-order chi connectivity index (χ0) is 12.5. The van der Waals surface area contributed by atoms with E-state index in [2.05, 4.69) is 4.99 Å². The number of benzene rings is 1. The number of aliphatic imine (C=N–C) groups is 1. The molecule has 0 aliphatic carbocycles. The molecule has 0 unspecified atom stereocenters. The van der Waals surface area contributed by atoms with Gasteiger partial charge in [0, 0.05) is 18.7 Å². The molecule has 92 valence electrons. The van der Waals surface area contributed by atoms with E-state index in [1.165, 1.54) is 0 Å². The summed E-state index contributed by atoms with van der Waals surface area (Å²) in [4.78, 5) is 4.15. The third-order valence-corrected chi connectivity index (χ3v) is 1.98. The molecule has 4 heteroatoms. The van der Waals surface area contributed by atoms with Crippen LogP contribution in [0, 0.1) is 0 Å². The second-order valence-corrected chi connectivity index (χ2v) is 3.71. The van der Waals surface area contributed by atoms with Crippen LogP contribution < -0.4 is 16.2 Å². The van der Waals surface area contributed by atoms with Crippen molar-refractivity contribution in [1.82, 2.24) is 0 Å². The van der Waals surface area contributed by atoms with E-state index in [0.29, 0.717) is 24.7 Å². The molecule has 1 aromatic carbocycles. The fourth-order valence-electron chi connectivity index (χ4n) is 1.26. The standard InChI is InChI=1S/C13H19N3O/c1-11(14)10-13(15)16-8-5-9-17-12-6-3-2-4-7-12/h2-4,6-7,10H,5,8-9,14H2,1H3,(H2,15,16). The van der Waals surface area contributed by atoms with Crippen molar-refractivity contribution in [3.05, 3.63) is 42.1 Å². The molecule has 0 atom stereocenters. The van der Waals surface area contributed by atoms with Crippen LogP contribution in [0.3, 0.4) is 0 Å². The molecule has 0 saturated carbocycles. The van der Waals surface area contributed by atoms with Crippen molar-refractivity contribution in [3.63, 3.8) is 0 Å². The maximum absolute atomic E-state index is 5.62. The summed E-state index contributed by atoms with van der Waals surface area (Å²) in [5.41, 5.74) is 11.8. The normalized spacial score (nSPS) is 12.5. The smallest absolute Gasteiger partial charge is 0.119 e. The topological polar surface area (TPSA) is 73.6 Å². The maximum Gasteiger partial charge on any atom is 0.119 e. The predicted molar refractivity (Wildman–Crippen MR) is 71.0 cm³/mol. The quantitative estimate of drug-likeness (QED) is 0.446. The predicted octanol–water partition coefficient (Wildman–Crippen LogP) is 1.68. The van der Waals surface area contributed by atoms with Gasteiger partial charge in [-0.3, -0.25) is 4.99 Å². The van der Waals surface area contributed by atoms with Gasteiger partial charge >= 0.3 is 0 Å². The molecule has 17 heavy (non-hydrogen) atoms. The number of ether oxygens (including phenoxy) is 1. The van der Waals surface area contributed by atoms with Gasteiger partial charge in [0.25, 0.3) is 0 Å². The average Bonchev–Trinajstić information content (AvgIpc) is 2.29. The van der Waals surface area contributed by atoms with E-state index in [1.54, 1.807) is 13.0 Å². The van der Waals surface area contributed by atoms with Crippen LogP contribution in [0.5, 0.6) is 5.75 Å². The summed E-state index contributed by atoms with van der Waals surface area (Å²) in [6.07, 6.45) is 2.48. The highest BCUT2D eigenvalue weighted by Gasteiger charge is 1.92. The summed E-state index contributed by atoms with van der Waals surface area (Å²) in [5.74, 6) is 1.34. The molecule has 0 radical (unpaired) electrons. The Balaban J connectivity index is 2.19. The van der Waals surface area contributed by atoms with E-state index in [1.807, 2.05) is 30.3 Å². The van der Waals surface area contributed by atoms with Crippen molar-refractivity contribution in [2.45, 2.75) is 13.3 Å². The number of nitrogens with two attached hydrogens (primary N) is 2. The Morgan fingerprint density at radius 1 is 1.29 bits per heavy atom. The molecular formula is C13H19N3O. The highest BCUT2D eigenvalue weighted by molar-refractivity contribution is 5.91. The summed E-state index contributed by atoms with van der Waals surface area (Å²) in [6, 6.07) is 9.70. The summed E-state index contributed by atoms with van der Waals surface area (Å²) in [7, 11) is 0. The van der Waals surface area contributed by atoms with Crippen LogP contribution in [0.2, 0.25) is 0 Å². The lowest BCUT2D eigenvalue weighted by molar-refractivity contribution is 0.313. The number of hydrogen-bond acceptors (Lipinski definition) is 3. The minimum absolute atomic E-state index is 0.463. The van der Waals surface area contributed by atoms with Gasteiger partial charge in [-0.15, -0.1) is 0 Å². The van der Waals surface area contributed by atoms with Gasteiger partial charge in [0.2, 0.25) is 0 Å². The molecule has 0 aromatic heterocycles. The second-order valence-electron chi connectivity index (χ2n) is 3.71. The van der Waals surface area contributed by atoms with E-state index in [9.17, 15) is 0 Å². The summed E-state index contributed by atoms with van der Waals surface area (Å²) < 4.78 is 5.52. The first-order valence-electron chi connectivity index (χ1n) is 5.60. The third-order valence-electron chi connectivity index (χ3n) is 1.98. The van der Waals surface area contributed by atoms with E-state index < -0.39 is 0 Å². The molecular weight excluding hydrogens is 214 g/mol. The van der Waals surface area contributed by atoms with Crippen LogP contribution in [-0.4, -0.2) is 19.0 Å². The van der Waals surface area contributed by atoms with Gasteiger partial charge in [-0.2, -0.15) is 0 Å². The minimum atomic E-state index is 0.463. The van der Waals surface area contributed by atoms with Crippen molar-refractivity contribution in [1.29, 1.82) is 0 Å². The molecule has 1 rings (SSSR count). The average molecular weight is 233 g/mol. The Labute approximate surface area is 102 Å². The monoisotopic (exact) mass is 233 g/mol. The molecule has 4 nitrogen and oxygen atoms in total. The molecule has 0 spiro atoms. The molecule has 0 heterocycles. The molecule has 0 saturated heterocycles. The first-order valence-corrected chi connectivity index (χ1v) is 5.60. The third kappa shape index (κ3) is 6.25. The van der Waals surface area contributed by atoms with Crippen molar-refractivity contribution >= 4 is 5.84 Å². The second kappa shape index (κ2) is 7.33.